The molecule has 1 saturated carbocycles. The molecular weight excluding hydrogens is 456 g/mol. The Labute approximate surface area is 205 Å². The molecule has 4 saturated heterocycles. The minimum atomic E-state index is -0.953. The van der Waals surface area contributed by atoms with Gasteiger partial charge >= 0.3 is 5.97 Å². The van der Waals surface area contributed by atoms with Crippen molar-refractivity contribution in [2.24, 2.45) is 23.7 Å². The van der Waals surface area contributed by atoms with Crippen LogP contribution in [-0.2, 0) is 28.8 Å². The molecule has 1 aromatic carbocycles. The zero-order chi connectivity index (χ0) is 25.0. The number of fused-ring (bicyclic) bond motifs is 2. The highest BCUT2D eigenvalue weighted by molar-refractivity contribution is 5.87. The lowest BCUT2D eigenvalue weighted by atomic mass is 9.57. The monoisotopic (exact) mass is 490 g/mol. The average Bonchev–Trinajstić information content (AvgIpc) is 3.08. The maximum Gasteiger partial charge on any atom is 0.333 e. The molecule has 0 amide bonds. The Kier molecular flexibility index (Phi) is 6.34. The molecule has 192 valence electrons. The first kappa shape index (κ1) is 24.5. The maximum atomic E-state index is 12.8. The highest BCUT2D eigenvalue weighted by Crippen LogP contribution is 2.60. The van der Waals surface area contributed by atoms with E-state index in [2.05, 4.69) is 0 Å². The van der Waals surface area contributed by atoms with Crippen molar-refractivity contribution < 1.29 is 43.4 Å². The van der Waals surface area contributed by atoms with Crippen LogP contribution >= 0.6 is 0 Å². The predicted octanol–water partition coefficient (Wildman–Crippen LogP) is 3.44. The number of hydrogen-bond acceptors (Lipinski definition) is 9. The van der Waals surface area contributed by atoms with Crippen LogP contribution < -0.4 is 9.47 Å². The molecule has 5 aliphatic rings. The van der Waals surface area contributed by atoms with E-state index in [0.717, 1.165) is 12.0 Å². The molecule has 6 rings (SSSR count). The summed E-state index contributed by atoms with van der Waals surface area (Å²) in [5, 5.41) is 10.9. The van der Waals surface area contributed by atoms with Gasteiger partial charge in [0.1, 0.15) is 0 Å². The highest BCUT2D eigenvalue weighted by atomic mass is 17.3. The molecular formula is C26H34O9. The molecule has 1 aromatic rings. The van der Waals surface area contributed by atoms with Crippen LogP contribution in [0.3, 0.4) is 0 Å². The number of aliphatic hydroxyl groups excluding tert-OH is 1. The van der Waals surface area contributed by atoms with E-state index in [9.17, 15) is 9.90 Å². The Morgan fingerprint density at radius 1 is 1.11 bits per heavy atom. The zero-order valence-electron chi connectivity index (χ0n) is 20.8. The summed E-state index contributed by atoms with van der Waals surface area (Å²) >= 11 is 0. The smallest absolute Gasteiger partial charge is 0.333 e. The van der Waals surface area contributed by atoms with Crippen molar-refractivity contribution in [2.45, 2.75) is 70.1 Å². The maximum absolute atomic E-state index is 12.8. The van der Waals surface area contributed by atoms with Gasteiger partial charge in [-0.15, -0.1) is 0 Å². The molecule has 9 atom stereocenters. The van der Waals surface area contributed by atoms with E-state index in [0.29, 0.717) is 24.3 Å². The van der Waals surface area contributed by atoms with Crippen molar-refractivity contribution >= 4 is 12.0 Å². The third-order valence-corrected chi connectivity index (χ3v) is 8.27. The number of benzene rings is 1. The van der Waals surface area contributed by atoms with Crippen LogP contribution in [0, 0.1) is 23.7 Å². The number of rotatable bonds is 5. The van der Waals surface area contributed by atoms with E-state index in [1.807, 2.05) is 26.8 Å². The van der Waals surface area contributed by atoms with Gasteiger partial charge in [-0.1, -0.05) is 19.9 Å². The number of esters is 1. The Bertz CT molecular complexity index is 991. The van der Waals surface area contributed by atoms with Crippen molar-refractivity contribution in [3.8, 4) is 11.5 Å². The largest absolute Gasteiger partial charge is 0.493 e. The second kappa shape index (κ2) is 9.05. The lowest BCUT2D eigenvalue weighted by molar-refractivity contribution is -0.577. The second-order valence-electron chi connectivity index (χ2n) is 10.3. The van der Waals surface area contributed by atoms with Gasteiger partial charge in [-0.3, -0.25) is 0 Å². The number of ether oxygens (including phenoxy) is 5. The first-order valence-corrected chi connectivity index (χ1v) is 12.2. The lowest BCUT2D eigenvalue weighted by Crippen LogP contribution is -2.72. The molecule has 9 nitrogen and oxygen atoms in total. The summed E-state index contributed by atoms with van der Waals surface area (Å²) in [5.74, 6) is -0.757. The Balaban J connectivity index is 1.35. The summed E-state index contributed by atoms with van der Waals surface area (Å²) in [6.45, 7) is 5.81. The first-order chi connectivity index (χ1) is 16.7. The molecule has 2 bridgehead atoms. The third-order valence-electron chi connectivity index (χ3n) is 8.27. The van der Waals surface area contributed by atoms with Crippen molar-refractivity contribution in [3.05, 3.63) is 29.8 Å². The summed E-state index contributed by atoms with van der Waals surface area (Å²) < 4.78 is 28.8. The van der Waals surface area contributed by atoms with Crippen LogP contribution in [0.2, 0.25) is 0 Å². The fourth-order valence-electron chi connectivity index (χ4n) is 6.24. The molecule has 9 heteroatoms. The predicted molar refractivity (Wildman–Crippen MR) is 123 cm³/mol. The fourth-order valence-corrected chi connectivity index (χ4v) is 6.24. The van der Waals surface area contributed by atoms with E-state index < -0.39 is 36.0 Å². The van der Waals surface area contributed by atoms with Gasteiger partial charge in [-0.2, -0.15) is 0 Å². The van der Waals surface area contributed by atoms with E-state index >= 15 is 0 Å². The van der Waals surface area contributed by atoms with Gasteiger partial charge in [0.15, 0.2) is 23.4 Å². The van der Waals surface area contributed by atoms with E-state index in [1.54, 1.807) is 32.4 Å². The SMILES string of the molecule is COc1ccc(/C=C/C(=O)O[C@@H]2O[C@@H]3O[C@@]4(C)CC[C@H]5[C@H](C)[C@H](O)C[C@@H]([C@H]2C)[C@@]35OO4)cc1OC. The van der Waals surface area contributed by atoms with Crippen molar-refractivity contribution in [2.75, 3.05) is 14.2 Å². The summed E-state index contributed by atoms with van der Waals surface area (Å²) in [6.07, 6.45) is 2.77. The van der Waals surface area contributed by atoms with E-state index in [-0.39, 0.29) is 23.7 Å². The Morgan fingerprint density at radius 3 is 2.63 bits per heavy atom. The average molecular weight is 491 g/mol. The van der Waals surface area contributed by atoms with E-state index in [4.69, 9.17) is 33.5 Å². The minimum absolute atomic E-state index is 0.000668. The summed E-state index contributed by atoms with van der Waals surface area (Å²) in [7, 11) is 3.12. The molecule has 4 heterocycles. The molecule has 0 radical (unpaired) electrons. The standard InChI is InChI=1S/C26H34O9/c1-14-17-10-11-25(3)33-24-26(17,35-34-25)18(13-19(14)27)15(2)23(32-24)31-22(28)9-7-16-6-8-20(29-4)21(12-16)30-5/h6-9,12,14-15,17-19,23-24,27H,10-11,13H2,1-5H3/b9-7+/t14-,15+,17-,18-,19+,23+,24+,25+,26+/m0/s1. The molecule has 1 N–H and O–H groups in total. The molecule has 1 aliphatic carbocycles. The van der Waals surface area contributed by atoms with Crippen LogP contribution in [0.5, 0.6) is 11.5 Å². The van der Waals surface area contributed by atoms with Gasteiger partial charge in [0.05, 0.1) is 20.3 Å². The Hall–Kier alpha value is -2.17. The van der Waals surface area contributed by atoms with Gasteiger partial charge < -0.3 is 28.8 Å². The van der Waals surface area contributed by atoms with Gasteiger partial charge in [-0.05, 0) is 49.5 Å². The minimum Gasteiger partial charge on any atom is -0.493 e. The molecule has 4 aliphatic heterocycles. The summed E-state index contributed by atoms with van der Waals surface area (Å²) in [4.78, 5) is 24.6. The number of hydrogen-bond donors (Lipinski definition) is 1. The first-order valence-electron chi connectivity index (χ1n) is 12.2. The number of methoxy groups -OCH3 is 2. The molecule has 0 aromatic heterocycles. The van der Waals surface area contributed by atoms with Crippen LogP contribution in [0.4, 0.5) is 0 Å². The van der Waals surface area contributed by atoms with Crippen LogP contribution in [-0.4, -0.2) is 55.4 Å². The van der Waals surface area contributed by atoms with Crippen LogP contribution in [0.15, 0.2) is 24.3 Å². The normalized spacial score (nSPS) is 42.3. The summed E-state index contributed by atoms with van der Waals surface area (Å²) in [6, 6.07) is 5.35. The van der Waals surface area contributed by atoms with Crippen molar-refractivity contribution in [3.63, 3.8) is 0 Å². The zero-order valence-corrected chi connectivity index (χ0v) is 20.8. The quantitative estimate of drug-likeness (QED) is 0.378. The van der Waals surface area contributed by atoms with Crippen LogP contribution in [0.1, 0.15) is 45.6 Å². The van der Waals surface area contributed by atoms with Crippen molar-refractivity contribution in [1.29, 1.82) is 0 Å². The summed E-state index contributed by atoms with van der Waals surface area (Å²) in [5.41, 5.74) is -0.0989. The molecule has 35 heavy (non-hydrogen) atoms. The van der Waals surface area contributed by atoms with Gasteiger partial charge in [0, 0.05) is 30.3 Å². The van der Waals surface area contributed by atoms with Gasteiger partial charge in [0.25, 0.3) is 0 Å². The number of aliphatic hydroxyl groups is 1. The topological polar surface area (TPSA) is 102 Å². The van der Waals surface area contributed by atoms with Crippen molar-refractivity contribution in [1.82, 2.24) is 0 Å². The second-order valence-corrected chi connectivity index (χ2v) is 10.3. The Morgan fingerprint density at radius 2 is 1.89 bits per heavy atom. The third kappa shape index (κ3) is 4.03. The van der Waals surface area contributed by atoms with Gasteiger partial charge in [0.2, 0.25) is 12.1 Å². The van der Waals surface area contributed by atoms with Gasteiger partial charge in [-0.25, -0.2) is 14.6 Å². The lowest BCUT2D eigenvalue weighted by Gasteiger charge is -2.60. The molecule has 0 unspecified atom stereocenters. The molecule has 5 fully saturated rings. The molecule has 1 spiro atoms. The fraction of sp³-hybridized carbons (Fsp3) is 0.654. The van der Waals surface area contributed by atoms with Crippen LogP contribution in [0.25, 0.3) is 6.08 Å². The highest BCUT2D eigenvalue weighted by Gasteiger charge is 2.71. The number of carbonyl (C=O) groups excluding carboxylic acids is 1. The number of carbonyl (C=O) groups is 1. The van der Waals surface area contributed by atoms with E-state index in [1.165, 1.54) is 6.08 Å².